The third kappa shape index (κ3) is 2.94. The van der Waals surface area contributed by atoms with Gasteiger partial charge in [-0.15, -0.1) is 0 Å². The van der Waals surface area contributed by atoms with Crippen LogP contribution in [0.15, 0.2) is 39.8 Å². The van der Waals surface area contributed by atoms with Crippen molar-refractivity contribution in [1.29, 1.82) is 0 Å². The highest BCUT2D eigenvalue weighted by Gasteiger charge is 2.38. The van der Waals surface area contributed by atoms with Gasteiger partial charge in [0.25, 0.3) is 0 Å². The molecule has 1 fully saturated rings. The number of aryl methyl sites for hydroxylation is 1. The van der Waals surface area contributed by atoms with Crippen molar-refractivity contribution in [3.8, 4) is 0 Å². The first-order chi connectivity index (χ1) is 11.4. The van der Waals surface area contributed by atoms with Crippen molar-refractivity contribution in [2.45, 2.75) is 30.7 Å². The van der Waals surface area contributed by atoms with Crippen molar-refractivity contribution in [2.24, 2.45) is 0 Å². The van der Waals surface area contributed by atoms with E-state index in [1.54, 1.807) is 13.0 Å². The van der Waals surface area contributed by atoms with Crippen LogP contribution in [0.1, 0.15) is 40.7 Å². The Morgan fingerprint density at radius 1 is 1.38 bits per heavy atom. The molecule has 0 aliphatic carbocycles. The van der Waals surface area contributed by atoms with Crippen molar-refractivity contribution in [3.05, 3.63) is 47.3 Å². The van der Waals surface area contributed by atoms with Gasteiger partial charge in [-0.05, 0) is 38.0 Å². The number of nitrogens with zero attached hydrogens (tertiary/aromatic N) is 2. The Hall–Kier alpha value is -2.19. The van der Waals surface area contributed by atoms with E-state index in [0.717, 1.165) is 6.42 Å². The quantitative estimate of drug-likeness (QED) is 0.786. The Morgan fingerprint density at radius 3 is 2.83 bits per heavy atom. The number of carbonyl (C=O) groups is 1. The van der Waals surface area contributed by atoms with Crippen LogP contribution in [0.2, 0.25) is 0 Å². The second kappa shape index (κ2) is 6.37. The molecule has 0 N–H and O–H groups in total. The molecule has 0 unspecified atom stereocenters. The fourth-order valence-electron chi connectivity index (χ4n) is 2.90. The third-order valence-electron chi connectivity index (χ3n) is 4.05. The summed E-state index contributed by atoms with van der Waals surface area (Å²) < 4.78 is 37.2. The lowest BCUT2D eigenvalue weighted by atomic mass is 10.1. The lowest BCUT2D eigenvalue weighted by molar-refractivity contribution is 0.0600. The zero-order valence-electron chi connectivity index (χ0n) is 13.4. The highest BCUT2D eigenvalue weighted by atomic mass is 32.2. The van der Waals surface area contributed by atoms with E-state index >= 15 is 0 Å². The number of benzene rings is 1. The molecule has 24 heavy (non-hydrogen) atoms. The summed E-state index contributed by atoms with van der Waals surface area (Å²) >= 11 is 0. The molecular formula is C16H18N2O5S. The number of sulfonamides is 1. The minimum atomic E-state index is -3.75. The summed E-state index contributed by atoms with van der Waals surface area (Å²) in [6.07, 6.45) is 1.42. The summed E-state index contributed by atoms with van der Waals surface area (Å²) in [7, 11) is -2.49. The van der Waals surface area contributed by atoms with E-state index in [1.165, 1.54) is 35.7 Å². The van der Waals surface area contributed by atoms with Crippen molar-refractivity contribution in [1.82, 2.24) is 9.46 Å². The lowest BCUT2D eigenvalue weighted by Gasteiger charge is -2.22. The first-order valence-electron chi connectivity index (χ1n) is 7.57. The molecular weight excluding hydrogens is 332 g/mol. The summed E-state index contributed by atoms with van der Waals surface area (Å²) in [5, 5.41) is 3.96. The molecule has 0 bridgehead atoms. The summed E-state index contributed by atoms with van der Waals surface area (Å²) in [6.45, 7) is 2.17. The van der Waals surface area contributed by atoms with Crippen LogP contribution in [0.3, 0.4) is 0 Å². The molecule has 1 aliphatic rings. The molecule has 2 heterocycles. The maximum absolute atomic E-state index is 13.0. The van der Waals surface area contributed by atoms with Crippen LogP contribution in [0, 0.1) is 6.92 Å². The summed E-state index contributed by atoms with van der Waals surface area (Å²) in [5.41, 5.74) is 0.810. The second-order valence-corrected chi connectivity index (χ2v) is 7.55. The topological polar surface area (TPSA) is 89.7 Å². The Morgan fingerprint density at radius 2 is 2.17 bits per heavy atom. The second-order valence-electron chi connectivity index (χ2n) is 5.66. The number of esters is 1. The molecule has 1 aromatic heterocycles. The zero-order chi connectivity index (χ0) is 17.3. The Balaban J connectivity index is 1.96. The third-order valence-corrected chi connectivity index (χ3v) is 5.96. The molecule has 1 atom stereocenters. The summed E-state index contributed by atoms with van der Waals surface area (Å²) in [5.74, 6) is 0.0686. The number of aromatic nitrogens is 1. The fraction of sp³-hybridized carbons (Fsp3) is 0.375. The van der Waals surface area contributed by atoms with Crippen LogP contribution in [-0.2, 0) is 14.8 Å². The molecule has 0 amide bonds. The predicted molar refractivity (Wildman–Crippen MR) is 84.9 cm³/mol. The molecule has 0 radical (unpaired) electrons. The number of hydrogen-bond donors (Lipinski definition) is 0. The monoisotopic (exact) mass is 350 g/mol. The van der Waals surface area contributed by atoms with Gasteiger partial charge in [-0.2, -0.15) is 4.31 Å². The average Bonchev–Trinajstić information content (AvgIpc) is 3.23. The smallest absolute Gasteiger partial charge is 0.337 e. The van der Waals surface area contributed by atoms with Crippen LogP contribution in [0.5, 0.6) is 0 Å². The van der Waals surface area contributed by atoms with Crippen LogP contribution < -0.4 is 0 Å². The first-order valence-corrected chi connectivity index (χ1v) is 9.01. The molecule has 1 saturated heterocycles. The van der Waals surface area contributed by atoms with Crippen LogP contribution in [0.25, 0.3) is 0 Å². The predicted octanol–water partition coefficient (Wildman–Crippen LogP) is 2.30. The minimum Gasteiger partial charge on any atom is -0.465 e. The van der Waals surface area contributed by atoms with E-state index < -0.39 is 16.0 Å². The van der Waals surface area contributed by atoms with Gasteiger partial charge < -0.3 is 9.26 Å². The minimum absolute atomic E-state index is 0.0671. The SMILES string of the molecule is COC(=O)c1cccc(S(=O)(=O)N2CCC[C@H]2c2cc(C)on2)c1. The highest BCUT2D eigenvalue weighted by molar-refractivity contribution is 7.89. The van der Waals surface area contributed by atoms with Crippen LogP contribution in [-0.4, -0.2) is 37.5 Å². The van der Waals surface area contributed by atoms with E-state index in [-0.39, 0.29) is 16.5 Å². The number of hydrogen-bond acceptors (Lipinski definition) is 6. The van der Waals surface area contributed by atoms with Gasteiger partial charge in [-0.25, -0.2) is 13.2 Å². The van der Waals surface area contributed by atoms with Gasteiger partial charge in [-0.1, -0.05) is 11.2 Å². The van der Waals surface area contributed by atoms with Crippen LogP contribution >= 0.6 is 0 Å². The van der Waals surface area contributed by atoms with Gasteiger partial charge in [0, 0.05) is 12.6 Å². The van der Waals surface area contributed by atoms with E-state index in [0.29, 0.717) is 24.4 Å². The average molecular weight is 350 g/mol. The largest absolute Gasteiger partial charge is 0.465 e. The maximum Gasteiger partial charge on any atom is 0.337 e. The van der Waals surface area contributed by atoms with E-state index in [9.17, 15) is 13.2 Å². The molecule has 0 saturated carbocycles. The lowest BCUT2D eigenvalue weighted by Crippen LogP contribution is -2.31. The number of methoxy groups -OCH3 is 1. The van der Waals surface area contributed by atoms with Crippen molar-refractivity contribution >= 4 is 16.0 Å². The Bertz CT molecular complexity index is 859. The number of rotatable bonds is 4. The molecule has 8 heteroatoms. The summed E-state index contributed by atoms with van der Waals surface area (Å²) in [6, 6.07) is 7.27. The van der Waals surface area contributed by atoms with E-state index in [2.05, 4.69) is 9.89 Å². The fourth-order valence-corrected chi connectivity index (χ4v) is 4.62. The van der Waals surface area contributed by atoms with Gasteiger partial charge in [0.05, 0.1) is 23.6 Å². The Labute approximate surface area is 140 Å². The molecule has 1 aromatic carbocycles. The van der Waals surface area contributed by atoms with E-state index in [1.807, 2.05) is 0 Å². The van der Waals surface area contributed by atoms with Gasteiger partial charge in [0.1, 0.15) is 11.5 Å². The molecule has 0 spiro atoms. The van der Waals surface area contributed by atoms with Crippen LogP contribution in [0.4, 0.5) is 0 Å². The van der Waals surface area contributed by atoms with Gasteiger partial charge in [0.15, 0.2) is 0 Å². The molecule has 7 nitrogen and oxygen atoms in total. The highest BCUT2D eigenvalue weighted by Crippen LogP contribution is 2.36. The van der Waals surface area contributed by atoms with Gasteiger partial charge in [0.2, 0.25) is 10.0 Å². The van der Waals surface area contributed by atoms with Crippen molar-refractivity contribution in [3.63, 3.8) is 0 Å². The first kappa shape index (κ1) is 16.7. The Kier molecular flexibility index (Phi) is 4.42. The molecule has 3 rings (SSSR count). The van der Waals surface area contributed by atoms with Gasteiger partial charge >= 0.3 is 5.97 Å². The van der Waals surface area contributed by atoms with Crippen molar-refractivity contribution < 1.29 is 22.5 Å². The molecule has 1 aliphatic heterocycles. The van der Waals surface area contributed by atoms with E-state index in [4.69, 9.17) is 4.52 Å². The zero-order valence-corrected chi connectivity index (χ0v) is 14.2. The number of ether oxygens (including phenoxy) is 1. The molecule has 2 aromatic rings. The summed E-state index contributed by atoms with van der Waals surface area (Å²) in [4.78, 5) is 11.7. The normalized spacial score (nSPS) is 18.7. The van der Waals surface area contributed by atoms with Crippen molar-refractivity contribution in [2.75, 3.05) is 13.7 Å². The molecule has 128 valence electrons. The maximum atomic E-state index is 13.0. The standard InChI is InChI=1S/C16H18N2O5S/c1-11-9-14(17-23-11)15-7-4-8-18(15)24(20,21)13-6-3-5-12(10-13)16(19)22-2/h3,5-6,9-10,15H,4,7-8H2,1-2H3/t15-/m0/s1. The van der Waals surface area contributed by atoms with Gasteiger partial charge in [-0.3, -0.25) is 0 Å². The number of carbonyl (C=O) groups excluding carboxylic acids is 1.